The molecule has 5 heteroatoms. The molecular formula is C13H14N2O2S. The molecule has 0 aliphatic rings. The highest BCUT2D eigenvalue weighted by molar-refractivity contribution is 7.07. The van der Waals surface area contributed by atoms with E-state index in [1.165, 1.54) is 5.56 Å². The van der Waals surface area contributed by atoms with Crippen molar-refractivity contribution in [1.82, 2.24) is 10.3 Å². The molecule has 0 atom stereocenters. The average Bonchev–Trinajstić information content (AvgIpc) is 2.88. The summed E-state index contributed by atoms with van der Waals surface area (Å²) in [5.74, 6) is -0.933. The van der Waals surface area contributed by atoms with E-state index in [2.05, 4.69) is 27.1 Å². The number of thiophene rings is 1. The number of carboxylic acid groups (broad SMARTS) is 1. The number of hydrogen-bond donors (Lipinski definition) is 2. The Hall–Kier alpha value is -1.72. The molecule has 0 bridgehead atoms. The fourth-order valence-electron chi connectivity index (χ4n) is 1.65. The standard InChI is InChI=1S/C13H14N2O2S/c16-13(17)11-2-1-5-15-12(11)8-14-6-3-10-4-7-18-9-10/h1-2,4-5,7,9,14H,3,6,8H2,(H,16,17). The zero-order chi connectivity index (χ0) is 12.8. The maximum Gasteiger partial charge on any atom is 0.337 e. The first-order chi connectivity index (χ1) is 8.77. The molecule has 4 nitrogen and oxygen atoms in total. The molecule has 0 aliphatic heterocycles. The van der Waals surface area contributed by atoms with Gasteiger partial charge in [-0.15, -0.1) is 0 Å². The first-order valence-electron chi connectivity index (χ1n) is 5.66. The minimum Gasteiger partial charge on any atom is -0.478 e. The normalized spacial score (nSPS) is 10.4. The highest BCUT2D eigenvalue weighted by Crippen LogP contribution is 2.07. The Morgan fingerprint density at radius 2 is 2.33 bits per heavy atom. The lowest BCUT2D eigenvalue weighted by molar-refractivity contribution is 0.0695. The highest BCUT2D eigenvalue weighted by atomic mass is 32.1. The van der Waals surface area contributed by atoms with E-state index in [1.54, 1.807) is 29.7 Å². The van der Waals surface area contributed by atoms with Crippen molar-refractivity contribution >= 4 is 17.3 Å². The van der Waals surface area contributed by atoms with Gasteiger partial charge in [-0.25, -0.2) is 4.79 Å². The molecule has 2 rings (SSSR count). The zero-order valence-electron chi connectivity index (χ0n) is 9.80. The number of nitrogens with zero attached hydrogens (tertiary/aromatic N) is 1. The molecule has 0 radical (unpaired) electrons. The number of carbonyl (C=O) groups is 1. The molecule has 0 spiro atoms. The second-order valence-electron chi connectivity index (χ2n) is 3.86. The van der Waals surface area contributed by atoms with E-state index < -0.39 is 5.97 Å². The van der Waals surface area contributed by atoms with Crippen molar-refractivity contribution in [2.45, 2.75) is 13.0 Å². The van der Waals surface area contributed by atoms with Crippen LogP contribution in [0.3, 0.4) is 0 Å². The number of carboxylic acids is 1. The van der Waals surface area contributed by atoms with E-state index in [9.17, 15) is 4.79 Å². The van der Waals surface area contributed by atoms with E-state index in [0.29, 0.717) is 12.2 Å². The summed E-state index contributed by atoms with van der Waals surface area (Å²) in [6, 6.07) is 5.30. The molecule has 0 aliphatic carbocycles. The van der Waals surface area contributed by atoms with Crippen molar-refractivity contribution in [2.75, 3.05) is 6.54 Å². The third-order valence-corrected chi connectivity index (χ3v) is 3.32. The van der Waals surface area contributed by atoms with E-state index >= 15 is 0 Å². The second-order valence-corrected chi connectivity index (χ2v) is 4.64. The minimum absolute atomic E-state index is 0.264. The van der Waals surface area contributed by atoms with Gasteiger partial charge in [0.2, 0.25) is 0 Å². The molecule has 0 saturated heterocycles. The summed E-state index contributed by atoms with van der Waals surface area (Å²) in [4.78, 5) is 15.1. The van der Waals surface area contributed by atoms with Crippen molar-refractivity contribution < 1.29 is 9.90 Å². The van der Waals surface area contributed by atoms with Crippen LogP contribution in [0.1, 0.15) is 21.6 Å². The predicted molar refractivity (Wildman–Crippen MR) is 70.9 cm³/mol. The van der Waals surface area contributed by atoms with Crippen LogP contribution in [0.25, 0.3) is 0 Å². The fraction of sp³-hybridized carbons (Fsp3) is 0.231. The van der Waals surface area contributed by atoms with Gasteiger partial charge in [-0.1, -0.05) is 0 Å². The summed E-state index contributed by atoms with van der Waals surface area (Å²) in [7, 11) is 0. The molecule has 18 heavy (non-hydrogen) atoms. The number of nitrogens with one attached hydrogen (secondary N) is 1. The first kappa shape index (κ1) is 12.7. The molecule has 0 aromatic carbocycles. The quantitative estimate of drug-likeness (QED) is 0.783. The van der Waals surface area contributed by atoms with Crippen LogP contribution in [0, 0.1) is 0 Å². The van der Waals surface area contributed by atoms with E-state index in [1.807, 2.05) is 0 Å². The van der Waals surface area contributed by atoms with Crippen LogP contribution in [-0.4, -0.2) is 22.6 Å². The Morgan fingerprint density at radius 3 is 3.06 bits per heavy atom. The van der Waals surface area contributed by atoms with Gasteiger partial charge in [-0.3, -0.25) is 4.98 Å². The minimum atomic E-state index is -0.933. The summed E-state index contributed by atoms with van der Waals surface area (Å²) in [5.41, 5.74) is 2.14. The van der Waals surface area contributed by atoms with Crippen LogP contribution in [-0.2, 0) is 13.0 Å². The van der Waals surface area contributed by atoms with Crippen LogP contribution in [0.2, 0.25) is 0 Å². The zero-order valence-corrected chi connectivity index (χ0v) is 10.6. The van der Waals surface area contributed by atoms with Crippen LogP contribution in [0.4, 0.5) is 0 Å². The smallest absolute Gasteiger partial charge is 0.337 e. The van der Waals surface area contributed by atoms with E-state index in [-0.39, 0.29) is 5.56 Å². The summed E-state index contributed by atoms with van der Waals surface area (Å²) in [6.07, 6.45) is 2.56. The van der Waals surface area contributed by atoms with Gasteiger partial charge in [0.25, 0.3) is 0 Å². The molecule has 2 aromatic heterocycles. The Morgan fingerprint density at radius 1 is 1.44 bits per heavy atom. The van der Waals surface area contributed by atoms with E-state index in [0.717, 1.165) is 13.0 Å². The number of aromatic carboxylic acids is 1. The molecule has 2 N–H and O–H groups in total. The lowest BCUT2D eigenvalue weighted by atomic mass is 10.2. The molecular weight excluding hydrogens is 248 g/mol. The van der Waals surface area contributed by atoms with Gasteiger partial charge < -0.3 is 10.4 Å². The summed E-state index contributed by atoms with van der Waals surface area (Å²) in [6.45, 7) is 1.29. The Labute approximate surface area is 109 Å². The van der Waals surface area contributed by atoms with Crippen LogP contribution < -0.4 is 5.32 Å². The largest absolute Gasteiger partial charge is 0.478 e. The van der Waals surface area contributed by atoms with Gasteiger partial charge in [-0.05, 0) is 47.5 Å². The number of rotatable bonds is 6. The summed E-state index contributed by atoms with van der Waals surface area (Å²) < 4.78 is 0. The van der Waals surface area contributed by atoms with Crippen LogP contribution >= 0.6 is 11.3 Å². The Kier molecular flexibility index (Phi) is 4.44. The topological polar surface area (TPSA) is 62.2 Å². The molecule has 0 amide bonds. The molecule has 0 saturated carbocycles. The lowest BCUT2D eigenvalue weighted by Crippen LogP contribution is -2.19. The SMILES string of the molecule is O=C(O)c1cccnc1CNCCc1ccsc1. The van der Waals surface area contributed by atoms with Crippen molar-refractivity contribution in [3.63, 3.8) is 0 Å². The molecule has 94 valence electrons. The third-order valence-electron chi connectivity index (χ3n) is 2.58. The number of aromatic nitrogens is 1. The highest BCUT2D eigenvalue weighted by Gasteiger charge is 2.09. The summed E-state index contributed by atoms with van der Waals surface area (Å²) in [5, 5.41) is 16.4. The second kappa shape index (κ2) is 6.28. The Bertz CT molecular complexity index is 511. The van der Waals surface area contributed by atoms with Gasteiger partial charge in [0.05, 0.1) is 11.3 Å². The van der Waals surface area contributed by atoms with Gasteiger partial charge in [0.15, 0.2) is 0 Å². The average molecular weight is 262 g/mol. The maximum absolute atomic E-state index is 11.0. The third kappa shape index (κ3) is 3.38. The van der Waals surface area contributed by atoms with Crippen molar-refractivity contribution in [2.24, 2.45) is 0 Å². The predicted octanol–water partition coefficient (Wildman–Crippen LogP) is 2.17. The molecule has 0 unspecified atom stereocenters. The fourth-order valence-corrected chi connectivity index (χ4v) is 2.35. The van der Waals surface area contributed by atoms with Crippen LogP contribution in [0.5, 0.6) is 0 Å². The van der Waals surface area contributed by atoms with Crippen molar-refractivity contribution in [3.05, 3.63) is 52.0 Å². The van der Waals surface area contributed by atoms with Crippen LogP contribution in [0.15, 0.2) is 35.2 Å². The van der Waals surface area contributed by atoms with Gasteiger partial charge >= 0.3 is 5.97 Å². The van der Waals surface area contributed by atoms with Gasteiger partial charge in [0.1, 0.15) is 0 Å². The van der Waals surface area contributed by atoms with Gasteiger partial charge in [0, 0.05) is 12.7 Å². The van der Waals surface area contributed by atoms with Crippen molar-refractivity contribution in [1.29, 1.82) is 0 Å². The lowest BCUT2D eigenvalue weighted by Gasteiger charge is -2.06. The van der Waals surface area contributed by atoms with Gasteiger partial charge in [-0.2, -0.15) is 11.3 Å². The Balaban J connectivity index is 1.85. The van der Waals surface area contributed by atoms with E-state index in [4.69, 9.17) is 5.11 Å². The molecule has 2 aromatic rings. The monoisotopic (exact) mass is 262 g/mol. The number of hydrogen-bond acceptors (Lipinski definition) is 4. The maximum atomic E-state index is 11.0. The van der Waals surface area contributed by atoms with Crippen molar-refractivity contribution in [3.8, 4) is 0 Å². The first-order valence-corrected chi connectivity index (χ1v) is 6.60. The number of pyridine rings is 1. The molecule has 2 heterocycles. The molecule has 0 fully saturated rings. The summed E-state index contributed by atoms with van der Waals surface area (Å²) >= 11 is 1.68.